The van der Waals surface area contributed by atoms with Gasteiger partial charge in [-0.25, -0.2) is 0 Å². The van der Waals surface area contributed by atoms with Crippen molar-refractivity contribution in [3.63, 3.8) is 0 Å². The maximum atomic E-state index is 4.27. The normalized spacial score (nSPS) is 11.6. The Hall–Kier alpha value is -0.630. The smallest absolute Gasteiger partial charge is 0.0393 e. The van der Waals surface area contributed by atoms with Crippen LogP contribution in [-0.4, -0.2) is 19.3 Å². The number of nitrogens with zero attached hydrogens (tertiary/aromatic N) is 1. The number of benzene rings is 1. The fourth-order valence-corrected chi connectivity index (χ4v) is 2.12. The van der Waals surface area contributed by atoms with Crippen LogP contribution in [0.1, 0.15) is 31.9 Å². The predicted octanol–water partition coefficient (Wildman–Crippen LogP) is 3.66. The van der Waals surface area contributed by atoms with E-state index in [1.807, 2.05) is 0 Å². The third-order valence-electron chi connectivity index (χ3n) is 2.91. The van der Waals surface area contributed by atoms with Gasteiger partial charge in [0.25, 0.3) is 0 Å². The Morgan fingerprint density at radius 2 is 1.88 bits per heavy atom. The third kappa shape index (κ3) is 3.18. The maximum absolute atomic E-state index is 4.27. The zero-order chi connectivity index (χ0) is 12.3. The van der Waals surface area contributed by atoms with Crippen LogP contribution >= 0.6 is 12.6 Å². The maximum Gasteiger partial charge on any atom is 0.0393 e. The second kappa shape index (κ2) is 5.13. The summed E-state index contributed by atoms with van der Waals surface area (Å²) in [6.07, 6.45) is 0. The van der Waals surface area contributed by atoms with E-state index in [9.17, 15) is 0 Å². The number of hydrogen-bond donors (Lipinski definition) is 1. The lowest BCUT2D eigenvalue weighted by Gasteiger charge is -2.24. The Balaban J connectivity index is 3.00. The second-order valence-electron chi connectivity index (χ2n) is 5.40. The summed E-state index contributed by atoms with van der Waals surface area (Å²) in [5, 5.41) is 0. The zero-order valence-electron chi connectivity index (χ0n) is 11.0. The molecule has 2 heteroatoms. The highest BCUT2D eigenvalue weighted by Gasteiger charge is 2.15. The van der Waals surface area contributed by atoms with Crippen molar-refractivity contribution >= 4 is 18.3 Å². The van der Waals surface area contributed by atoms with Crippen molar-refractivity contribution in [2.24, 2.45) is 0 Å². The quantitative estimate of drug-likeness (QED) is 0.785. The first kappa shape index (κ1) is 13.4. The first-order chi connectivity index (χ1) is 7.36. The van der Waals surface area contributed by atoms with Gasteiger partial charge in [0.05, 0.1) is 0 Å². The molecule has 1 aromatic carbocycles. The largest absolute Gasteiger partial charge is 0.374 e. The Morgan fingerprint density at radius 3 is 2.31 bits per heavy atom. The van der Waals surface area contributed by atoms with E-state index in [0.717, 1.165) is 12.3 Å². The number of thiol groups is 1. The molecule has 0 amide bonds. The minimum Gasteiger partial charge on any atom is -0.374 e. The van der Waals surface area contributed by atoms with Gasteiger partial charge < -0.3 is 4.90 Å². The predicted molar refractivity (Wildman–Crippen MR) is 77.0 cm³/mol. The van der Waals surface area contributed by atoms with E-state index in [1.165, 1.54) is 16.8 Å². The van der Waals surface area contributed by atoms with Gasteiger partial charge in [-0.05, 0) is 29.5 Å². The lowest BCUT2D eigenvalue weighted by atomic mass is 9.86. The van der Waals surface area contributed by atoms with E-state index in [-0.39, 0.29) is 5.41 Å². The molecule has 0 bridgehead atoms. The van der Waals surface area contributed by atoms with Crippen LogP contribution in [0.25, 0.3) is 0 Å². The Kier molecular flexibility index (Phi) is 4.31. The molecule has 0 aliphatic heterocycles. The van der Waals surface area contributed by atoms with Crippen LogP contribution in [0.4, 0.5) is 5.69 Å². The van der Waals surface area contributed by atoms with Crippen molar-refractivity contribution in [2.75, 3.05) is 24.2 Å². The molecule has 0 spiro atoms. The van der Waals surface area contributed by atoms with Gasteiger partial charge in [-0.1, -0.05) is 32.9 Å². The van der Waals surface area contributed by atoms with E-state index < -0.39 is 0 Å². The lowest BCUT2D eigenvalue weighted by Crippen LogP contribution is -2.21. The molecule has 1 nitrogen and oxygen atoms in total. The third-order valence-corrected chi connectivity index (χ3v) is 3.11. The van der Waals surface area contributed by atoms with Gasteiger partial charge in [0.2, 0.25) is 0 Å². The van der Waals surface area contributed by atoms with Crippen LogP contribution in [0, 0.1) is 6.92 Å². The van der Waals surface area contributed by atoms with Gasteiger partial charge in [0.1, 0.15) is 0 Å². The van der Waals surface area contributed by atoms with E-state index >= 15 is 0 Å². The molecule has 16 heavy (non-hydrogen) atoms. The summed E-state index contributed by atoms with van der Waals surface area (Å²) < 4.78 is 0. The van der Waals surface area contributed by atoms with Crippen molar-refractivity contribution in [3.05, 3.63) is 29.3 Å². The van der Waals surface area contributed by atoms with Crippen LogP contribution in [0.2, 0.25) is 0 Å². The molecule has 0 radical (unpaired) electrons. The van der Waals surface area contributed by atoms with E-state index in [0.29, 0.717) is 0 Å². The summed E-state index contributed by atoms with van der Waals surface area (Å²) in [6, 6.07) is 6.75. The Labute approximate surface area is 105 Å². The molecule has 0 aliphatic rings. The van der Waals surface area contributed by atoms with Crippen molar-refractivity contribution < 1.29 is 0 Å². The standard InChI is InChI=1S/C14H23NS/c1-11-10-12(14(2,3)4)6-7-13(11)15(5)8-9-16/h6-7,10,16H,8-9H2,1-5H3. The average Bonchev–Trinajstić information content (AvgIpc) is 2.16. The molecule has 0 aliphatic carbocycles. The summed E-state index contributed by atoms with van der Waals surface area (Å²) in [6.45, 7) is 9.91. The fraction of sp³-hybridized carbons (Fsp3) is 0.571. The molecular weight excluding hydrogens is 214 g/mol. The van der Waals surface area contributed by atoms with Crippen molar-refractivity contribution in [2.45, 2.75) is 33.1 Å². The molecule has 0 N–H and O–H groups in total. The van der Waals surface area contributed by atoms with Gasteiger partial charge in [-0.2, -0.15) is 12.6 Å². The zero-order valence-corrected chi connectivity index (χ0v) is 11.9. The van der Waals surface area contributed by atoms with E-state index in [4.69, 9.17) is 0 Å². The highest BCUT2D eigenvalue weighted by Crippen LogP contribution is 2.27. The highest BCUT2D eigenvalue weighted by atomic mass is 32.1. The molecular formula is C14H23NS. The van der Waals surface area contributed by atoms with Crippen LogP contribution in [0.15, 0.2) is 18.2 Å². The molecule has 0 fully saturated rings. The Bertz CT molecular complexity index is 352. The summed E-state index contributed by atoms with van der Waals surface area (Å²) in [5.41, 5.74) is 4.28. The lowest BCUT2D eigenvalue weighted by molar-refractivity contribution is 0.589. The molecule has 0 aromatic heterocycles. The van der Waals surface area contributed by atoms with Gasteiger partial charge >= 0.3 is 0 Å². The number of rotatable bonds is 3. The molecule has 1 aromatic rings. The van der Waals surface area contributed by atoms with Crippen molar-refractivity contribution in [1.29, 1.82) is 0 Å². The van der Waals surface area contributed by atoms with Gasteiger partial charge in [-0.3, -0.25) is 0 Å². The monoisotopic (exact) mass is 237 g/mol. The first-order valence-corrected chi connectivity index (χ1v) is 6.42. The minimum absolute atomic E-state index is 0.228. The molecule has 0 saturated carbocycles. The van der Waals surface area contributed by atoms with Gasteiger partial charge in [0.15, 0.2) is 0 Å². The van der Waals surface area contributed by atoms with Crippen LogP contribution in [-0.2, 0) is 5.41 Å². The molecule has 0 unspecified atom stereocenters. The summed E-state index contributed by atoms with van der Waals surface area (Å²) in [4.78, 5) is 2.26. The minimum atomic E-state index is 0.228. The highest BCUT2D eigenvalue weighted by molar-refractivity contribution is 7.80. The number of hydrogen-bond acceptors (Lipinski definition) is 2. The van der Waals surface area contributed by atoms with Crippen molar-refractivity contribution in [1.82, 2.24) is 0 Å². The van der Waals surface area contributed by atoms with Crippen LogP contribution < -0.4 is 4.90 Å². The molecule has 90 valence electrons. The molecule has 1 rings (SSSR count). The van der Waals surface area contributed by atoms with Gasteiger partial charge in [-0.15, -0.1) is 0 Å². The van der Waals surface area contributed by atoms with Crippen LogP contribution in [0.5, 0.6) is 0 Å². The fourth-order valence-electron chi connectivity index (χ4n) is 1.82. The summed E-state index contributed by atoms with van der Waals surface area (Å²) in [7, 11) is 2.12. The van der Waals surface area contributed by atoms with Crippen LogP contribution in [0.3, 0.4) is 0 Å². The topological polar surface area (TPSA) is 3.24 Å². The van der Waals surface area contributed by atoms with E-state index in [2.05, 4.69) is 70.5 Å². The second-order valence-corrected chi connectivity index (χ2v) is 5.84. The molecule has 0 atom stereocenters. The molecule has 0 heterocycles. The summed E-state index contributed by atoms with van der Waals surface area (Å²) in [5.74, 6) is 0.886. The van der Waals surface area contributed by atoms with Gasteiger partial charge in [0, 0.05) is 25.0 Å². The average molecular weight is 237 g/mol. The number of aryl methyl sites for hydroxylation is 1. The SMILES string of the molecule is Cc1cc(C(C)(C)C)ccc1N(C)CCS. The summed E-state index contributed by atoms with van der Waals surface area (Å²) >= 11 is 4.27. The molecule has 0 saturated heterocycles. The van der Waals surface area contributed by atoms with E-state index in [1.54, 1.807) is 0 Å². The van der Waals surface area contributed by atoms with Crippen molar-refractivity contribution in [3.8, 4) is 0 Å². The Morgan fingerprint density at radius 1 is 1.25 bits per heavy atom. The first-order valence-electron chi connectivity index (χ1n) is 5.79. The number of anilines is 1.